The van der Waals surface area contributed by atoms with E-state index >= 15 is 0 Å². The van der Waals surface area contributed by atoms with Gasteiger partial charge in [-0.3, -0.25) is 10.1 Å². The molecular formula is C23H29F3N6O2. The lowest BCUT2D eigenvalue weighted by atomic mass is 10.1. The summed E-state index contributed by atoms with van der Waals surface area (Å²) in [6, 6.07) is 7.82. The maximum Gasteiger partial charge on any atom is 0.417 e. The van der Waals surface area contributed by atoms with Crippen molar-refractivity contribution in [2.45, 2.75) is 38.8 Å². The number of piperazine rings is 1. The topological polar surface area (TPSA) is 90.5 Å². The summed E-state index contributed by atoms with van der Waals surface area (Å²) in [6.07, 6.45) is -0.336. The molecule has 0 radical (unpaired) electrons. The average Bonchev–Trinajstić information content (AvgIpc) is 2.83. The second-order valence-electron chi connectivity index (χ2n) is 8.04. The van der Waals surface area contributed by atoms with Crippen molar-refractivity contribution in [3.05, 3.63) is 47.5 Å². The minimum atomic E-state index is -4.59. The first-order chi connectivity index (χ1) is 16.3. The number of urea groups is 1. The van der Waals surface area contributed by atoms with Crippen molar-refractivity contribution in [2.75, 3.05) is 42.9 Å². The smallest absolute Gasteiger partial charge is 0.352 e. The molecule has 1 aliphatic rings. The van der Waals surface area contributed by atoms with Crippen LogP contribution in [0.4, 0.5) is 29.6 Å². The van der Waals surface area contributed by atoms with E-state index in [1.165, 1.54) is 23.1 Å². The van der Waals surface area contributed by atoms with Gasteiger partial charge in [-0.15, -0.1) is 10.2 Å². The number of nitrogens with zero attached hydrogens (tertiary/aromatic N) is 4. The van der Waals surface area contributed by atoms with Crippen LogP contribution in [0.15, 0.2) is 36.4 Å². The maximum atomic E-state index is 13.3. The Balaban J connectivity index is 1.50. The van der Waals surface area contributed by atoms with Crippen molar-refractivity contribution in [3.63, 3.8) is 0 Å². The summed E-state index contributed by atoms with van der Waals surface area (Å²) in [4.78, 5) is 27.9. The summed E-state index contributed by atoms with van der Waals surface area (Å²) in [5, 5.41) is 13.6. The van der Waals surface area contributed by atoms with Gasteiger partial charge in [0.1, 0.15) is 0 Å². The van der Waals surface area contributed by atoms with Crippen molar-refractivity contribution in [3.8, 4) is 0 Å². The number of hydrogen-bond donors (Lipinski definition) is 2. The van der Waals surface area contributed by atoms with Gasteiger partial charge in [-0.25, -0.2) is 4.79 Å². The van der Waals surface area contributed by atoms with Crippen LogP contribution < -0.4 is 15.5 Å². The van der Waals surface area contributed by atoms with Crippen LogP contribution in [0, 0.1) is 0 Å². The van der Waals surface area contributed by atoms with Crippen LogP contribution in [0.25, 0.3) is 0 Å². The molecule has 34 heavy (non-hydrogen) atoms. The number of unbranched alkanes of at least 4 members (excludes halogenated alkanes) is 3. The molecule has 11 heteroatoms. The maximum absolute atomic E-state index is 13.3. The van der Waals surface area contributed by atoms with Gasteiger partial charge in [-0.2, -0.15) is 13.2 Å². The number of anilines is 2. The van der Waals surface area contributed by atoms with Gasteiger partial charge < -0.3 is 15.1 Å². The first kappa shape index (κ1) is 25.3. The number of rotatable bonds is 8. The van der Waals surface area contributed by atoms with Crippen molar-refractivity contribution in [1.29, 1.82) is 0 Å². The summed E-state index contributed by atoms with van der Waals surface area (Å²) >= 11 is 0. The summed E-state index contributed by atoms with van der Waals surface area (Å²) < 4.78 is 39.8. The lowest BCUT2D eigenvalue weighted by molar-refractivity contribution is -0.138. The highest BCUT2D eigenvalue weighted by Crippen LogP contribution is 2.32. The molecule has 0 spiro atoms. The van der Waals surface area contributed by atoms with E-state index in [1.54, 1.807) is 12.1 Å². The number of carbonyl (C=O) groups excluding carboxylic acids is 2. The monoisotopic (exact) mass is 478 g/mol. The van der Waals surface area contributed by atoms with Crippen LogP contribution in [-0.2, 0) is 6.18 Å². The molecule has 2 heterocycles. The third-order valence-electron chi connectivity index (χ3n) is 5.56. The molecule has 0 bridgehead atoms. The zero-order chi connectivity index (χ0) is 24.6. The fraction of sp³-hybridized carbons (Fsp3) is 0.478. The second-order valence-corrected chi connectivity index (χ2v) is 8.04. The molecule has 2 aromatic rings. The number of benzene rings is 1. The standard InChI is InChI=1S/C23H29F3N6O2/c1-2-3-4-7-12-27-22(34)28-19-10-11-20(30-29-19)31-13-15-32(16-14-31)21(33)17-8-5-6-9-18(17)23(24,25)26/h5-6,8-11H,2-4,7,12-16H2,1H3,(H2,27,28,29,34). The van der Waals surface area contributed by atoms with E-state index in [1.807, 2.05) is 4.90 Å². The average molecular weight is 479 g/mol. The Labute approximate surface area is 196 Å². The van der Waals surface area contributed by atoms with E-state index in [4.69, 9.17) is 0 Å². The quantitative estimate of drug-likeness (QED) is 0.556. The lowest BCUT2D eigenvalue weighted by Crippen LogP contribution is -2.49. The molecule has 3 amide bonds. The Morgan fingerprint density at radius 2 is 1.71 bits per heavy atom. The van der Waals surface area contributed by atoms with Crippen molar-refractivity contribution in [1.82, 2.24) is 20.4 Å². The van der Waals surface area contributed by atoms with Gasteiger partial charge in [0.25, 0.3) is 5.91 Å². The van der Waals surface area contributed by atoms with Crippen molar-refractivity contribution < 1.29 is 22.8 Å². The largest absolute Gasteiger partial charge is 0.417 e. The normalized spacial score (nSPS) is 14.1. The zero-order valence-electron chi connectivity index (χ0n) is 19.1. The van der Waals surface area contributed by atoms with E-state index in [0.717, 1.165) is 31.7 Å². The summed E-state index contributed by atoms with van der Waals surface area (Å²) in [7, 11) is 0. The van der Waals surface area contributed by atoms with Gasteiger partial charge >= 0.3 is 12.2 Å². The molecule has 0 aliphatic carbocycles. The van der Waals surface area contributed by atoms with Crippen LogP contribution in [0.2, 0.25) is 0 Å². The number of hydrogen-bond acceptors (Lipinski definition) is 5. The van der Waals surface area contributed by atoms with Gasteiger partial charge in [0.05, 0.1) is 11.1 Å². The zero-order valence-corrected chi connectivity index (χ0v) is 19.1. The van der Waals surface area contributed by atoms with Gasteiger partial charge in [-0.1, -0.05) is 38.3 Å². The Morgan fingerprint density at radius 1 is 0.971 bits per heavy atom. The Kier molecular flexibility index (Phi) is 8.67. The molecule has 1 saturated heterocycles. The third-order valence-corrected chi connectivity index (χ3v) is 5.56. The predicted molar refractivity (Wildman–Crippen MR) is 123 cm³/mol. The molecule has 2 N–H and O–H groups in total. The van der Waals surface area contributed by atoms with Gasteiger partial charge in [0.2, 0.25) is 0 Å². The van der Waals surface area contributed by atoms with Crippen LogP contribution >= 0.6 is 0 Å². The summed E-state index contributed by atoms with van der Waals surface area (Å²) in [6.45, 7) is 4.03. The fourth-order valence-corrected chi connectivity index (χ4v) is 3.70. The molecule has 1 aliphatic heterocycles. The molecule has 8 nitrogen and oxygen atoms in total. The van der Waals surface area contributed by atoms with E-state index < -0.39 is 17.6 Å². The highest BCUT2D eigenvalue weighted by Gasteiger charge is 2.36. The summed E-state index contributed by atoms with van der Waals surface area (Å²) in [5.74, 6) is 0.236. The molecule has 184 valence electrons. The van der Waals surface area contributed by atoms with Gasteiger partial charge in [0, 0.05) is 32.7 Å². The van der Waals surface area contributed by atoms with Crippen LogP contribution in [0.5, 0.6) is 0 Å². The van der Waals surface area contributed by atoms with Gasteiger partial charge in [-0.05, 0) is 30.7 Å². The minimum Gasteiger partial charge on any atom is -0.352 e. The lowest BCUT2D eigenvalue weighted by Gasteiger charge is -2.35. The number of carbonyl (C=O) groups is 2. The SMILES string of the molecule is CCCCCCNC(=O)Nc1ccc(N2CCN(C(=O)c3ccccc3C(F)(F)F)CC2)nn1. The molecule has 1 aromatic heterocycles. The van der Waals surface area contributed by atoms with Crippen LogP contribution in [0.3, 0.4) is 0 Å². The van der Waals surface area contributed by atoms with E-state index in [0.29, 0.717) is 31.3 Å². The Morgan fingerprint density at radius 3 is 2.35 bits per heavy atom. The van der Waals surface area contributed by atoms with Crippen LogP contribution in [-0.4, -0.2) is 59.8 Å². The molecule has 0 unspecified atom stereocenters. The molecule has 1 fully saturated rings. The Hall–Kier alpha value is -3.37. The minimum absolute atomic E-state index is 0.257. The number of halogens is 3. The number of aromatic nitrogens is 2. The van der Waals surface area contributed by atoms with Gasteiger partial charge in [0.15, 0.2) is 11.6 Å². The fourth-order valence-electron chi connectivity index (χ4n) is 3.70. The molecule has 1 aromatic carbocycles. The highest BCUT2D eigenvalue weighted by atomic mass is 19.4. The number of alkyl halides is 3. The first-order valence-corrected chi connectivity index (χ1v) is 11.4. The molecular weight excluding hydrogens is 449 g/mol. The predicted octanol–water partition coefficient (Wildman–Crippen LogP) is 4.16. The number of amides is 3. The third kappa shape index (κ3) is 6.82. The van der Waals surface area contributed by atoms with E-state index in [2.05, 4.69) is 27.8 Å². The Bertz CT molecular complexity index is 960. The highest BCUT2D eigenvalue weighted by molar-refractivity contribution is 5.96. The van der Waals surface area contributed by atoms with Crippen LogP contribution in [0.1, 0.15) is 48.5 Å². The molecule has 3 rings (SSSR count). The first-order valence-electron chi connectivity index (χ1n) is 11.4. The number of nitrogens with one attached hydrogen (secondary N) is 2. The molecule has 0 saturated carbocycles. The second kappa shape index (κ2) is 11.7. The van der Waals surface area contributed by atoms with Crippen molar-refractivity contribution in [2.24, 2.45) is 0 Å². The molecule has 0 atom stereocenters. The summed E-state index contributed by atoms with van der Waals surface area (Å²) in [5.41, 5.74) is -1.27. The van der Waals surface area contributed by atoms with Crippen molar-refractivity contribution >= 4 is 23.6 Å². The van der Waals surface area contributed by atoms with E-state index in [9.17, 15) is 22.8 Å². The van der Waals surface area contributed by atoms with E-state index in [-0.39, 0.29) is 24.7 Å².